The second-order valence-corrected chi connectivity index (χ2v) is 5.78. The van der Waals surface area contributed by atoms with Crippen LogP contribution in [0.4, 0.5) is 0 Å². The highest BCUT2D eigenvalue weighted by Gasteiger charge is 2.18. The predicted molar refractivity (Wildman–Crippen MR) is 90.9 cm³/mol. The number of nitrogens with zero attached hydrogens (tertiary/aromatic N) is 2. The average molecular weight is 342 g/mol. The van der Waals surface area contributed by atoms with Gasteiger partial charge in [0.1, 0.15) is 0 Å². The van der Waals surface area contributed by atoms with E-state index in [4.69, 9.17) is 16.0 Å². The molecule has 0 aliphatic heterocycles. The lowest BCUT2D eigenvalue weighted by Gasteiger charge is -2.12. The lowest BCUT2D eigenvalue weighted by atomic mass is 10.1. The number of carbonyl (C=O) groups is 1. The largest absolute Gasteiger partial charge is 0.417 e. The highest BCUT2D eigenvalue weighted by molar-refractivity contribution is 6.31. The minimum Gasteiger partial charge on any atom is -0.417 e. The summed E-state index contributed by atoms with van der Waals surface area (Å²) in [4.78, 5) is 12.2. The van der Waals surface area contributed by atoms with Crippen molar-refractivity contribution in [2.45, 2.75) is 19.4 Å². The molecule has 0 radical (unpaired) electrons. The van der Waals surface area contributed by atoms with Crippen LogP contribution in [0.1, 0.15) is 40.7 Å². The van der Waals surface area contributed by atoms with Gasteiger partial charge in [-0.15, -0.1) is 10.2 Å². The molecule has 5 nitrogen and oxygen atoms in total. The maximum Gasteiger partial charge on any atom is 0.309 e. The Morgan fingerprint density at radius 1 is 1.12 bits per heavy atom. The van der Waals surface area contributed by atoms with E-state index in [0.717, 1.165) is 11.1 Å². The molecule has 1 aromatic heterocycles. The summed E-state index contributed by atoms with van der Waals surface area (Å²) in [6.07, 6.45) is 0.383. The Kier molecular flexibility index (Phi) is 4.91. The Hall–Kier alpha value is -2.66. The summed E-state index contributed by atoms with van der Waals surface area (Å²) < 4.78 is 5.45. The summed E-state index contributed by atoms with van der Waals surface area (Å²) in [5.74, 6) is -0.107. The van der Waals surface area contributed by atoms with E-state index < -0.39 is 5.91 Å². The first-order chi connectivity index (χ1) is 11.6. The van der Waals surface area contributed by atoms with Crippen molar-refractivity contribution in [2.75, 3.05) is 0 Å². The topological polar surface area (TPSA) is 68.0 Å². The van der Waals surface area contributed by atoms with Crippen LogP contribution in [0.15, 0.2) is 59.0 Å². The molecule has 0 aliphatic carbocycles. The van der Waals surface area contributed by atoms with Gasteiger partial charge in [-0.25, -0.2) is 0 Å². The van der Waals surface area contributed by atoms with Crippen LogP contribution in [-0.4, -0.2) is 16.1 Å². The molecule has 0 saturated carbocycles. The Bertz CT molecular complexity index is 833. The standard InChI is InChI=1S/C18H16ClN3O2/c1-12(13-7-3-2-4-8-13)20-17(23)18-22-21-16(24-18)11-14-9-5-6-10-15(14)19/h2-10,12H,11H2,1H3,(H,20,23)/t12-/m1/s1. The van der Waals surface area contributed by atoms with Crippen LogP contribution < -0.4 is 5.32 Å². The van der Waals surface area contributed by atoms with Crippen LogP contribution in [0.3, 0.4) is 0 Å². The van der Waals surface area contributed by atoms with E-state index >= 15 is 0 Å². The zero-order valence-electron chi connectivity index (χ0n) is 13.1. The Balaban J connectivity index is 1.67. The van der Waals surface area contributed by atoms with Crippen LogP contribution in [0, 0.1) is 0 Å². The monoisotopic (exact) mass is 341 g/mol. The van der Waals surface area contributed by atoms with Crippen molar-refractivity contribution in [3.05, 3.63) is 82.5 Å². The molecular formula is C18H16ClN3O2. The van der Waals surface area contributed by atoms with Gasteiger partial charge in [-0.3, -0.25) is 4.79 Å². The van der Waals surface area contributed by atoms with Gasteiger partial charge in [0.2, 0.25) is 5.89 Å². The molecule has 3 aromatic rings. The first-order valence-corrected chi connectivity index (χ1v) is 7.93. The maximum absolute atomic E-state index is 12.2. The molecule has 0 unspecified atom stereocenters. The Labute approximate surface area is 144 Å². The van der Waals surface area contributed by atoms with Gasteiger partial charge in [0.15, 0.2) is 0 Å². The fraction of sp³-hybridized carbons (Fsp3) is 0.167. The zero-order chi connectivity index (χ0) is 16.9. The van der Waals surface area contributed by atoms with Crippen LogP contribution in [0.2, 0.25) is 5.02 Å². The Morgan fingerprint density at radius 3 is 2.58 bits per heavy atom. The first-order valence-electron chi connectivity index (χ1n) is 7.55. The van der Waals surface area contributed by atoms with Gasteiger partial charge in [0, 0.05) is 5.02 Å². The Morgan fingerprint density at radius 2 is 1.83 bits per heavy atom. The van der Waals surface area contributed by atoms with Gasteiger partial charge in [0.05, 0.1) is 12.5 Å². The fourth-order valence-corrected chi connectivity index (χ4v) is 2.51. The molecule has 1 heterocycles. The molecule has 2 aromatic carbocycles. The zero-order valence-corrected chi connectivity index (χ0v) is 13.8. The summed E-state index contributed by atoms with van der Waals surface area (Å²) >= 11 is 6.11. The molecule has 0 saturated heterocycles. The minimum absolute atomic E-state index is 0.0557. The van der Waals surface area contributed by atoms with Crippen molar-refractivity contribution in [3.63, 3.8) is 0 Å². The number of amides is 1. The second-order valence-electron chi connectivity index (χ2n) is 5.37. The van der Waals surface area contributed by atoms with Gasteiger partial charge < -0.3 is 9.73 Å². The molecule has 122 valence electrons. The van der Waals surface area contributed by atoms with Crippen molar-refractivity contribution in [1.29, 1.82) is 0 Å². The van der Waals surface area contributed by atoms with E-state index in [1.165, 1.54) is 0 Å². The molecule has 1 atom stereocenters. The summed E-state index contributed by atoms with van der Waals surface area (Å²) in [5.41, 5.74) is 1.87. The van der Waals surface area contributed by atoms with E-state index in [0.29, 0.717) is 17.3 Å². The van der Waals surface area contributed by atoms with Crippen molar-refractivity contribution in [1.82, 2.24) is 15.5 Å². The SMILES string of the molecule is C[C@@H](NC(=O)c1nnc(Cc2ccccc2Cl)o1)c1ccccc1. The van der Waals surface area contributed by atoms with Gasteiger partial charge in [-0.2, -0.15) is 0 Å². The maximum atomic E-state index is 12.2. The number of hydrogen-bond donors (Lipinski definition) is 1. The summed E-state index contributed by atoms with van der Waals surface area (Å²) in [6, 6.07) is 16.9. The van der Waals surface area contributed by atoms with Gasteiger partial charge in [-0.05, 0) is 24.1 Å². The number of rotatable bonds is 5. The van der Waals surface area contributed by atoms with Crippen molar-refractivity contribution in [3.8, 4) is 0 Å². The molecule has 0 fully saturated rings. The smallest absolute Gasteiger partial charge is 0.309 e. The molecule has 0 bridgehead atoms. The molecular weight excluding hydrogens is 326 g/mol. The highest BCUT2D eigenvalue weighted by atomic mass is 35.5. The number of aromatic nitrogens is 2. The van der Waals surface area contributed by atoms with E-state index in [-0.39, 0.29) is 11.9 Å². The van der Waals surface area contributed by atoms with E-state index in [1.54, 1.807) is 6.07 Å². The van der Waals surface area contributed by atoms with Crippen LogP contribution in [0.5, 0.6) is 0 Å². The van der Waals surface area contributed by atoms with Crippen molar-refractivity contribution < 1.29 is 9.21 Å². The summed E-state index contributed by atoms with van der Waals surface area (Å²) in [6.45, 7) is 1.90. The molecule has 0 aliphatic rings. The van der Waals surface area contributed by atoms with Crippen LogP contribution in [-0.2, 0) is 6.42 Å². The molecule has 3 rings (SSSR count). The number of hydrogen-bond acceptors (Lipinski definition) is 4. The first kappa shape index (κ1) is 16.2. The lowest BCUT2D eigenvalue weighted by molar-refractivity contribution is 0.0903. The van der Waals surface area contributed by atoms with E-state index in [1.807, 2.05) is 55.5 Å². The molecule has 6 heteroatoms. The number of carbonyl (C=O) groups excluding carboxylic acids is 1. The van der Waals surface area contributed by atoms with Crippen molar-refractivity contribution >= 4 is 17.5 Å². The normalized spacial score (nSPS) is 11.9. The third-order valence-corrected chi connectivity index (χ3v) is 3.98. The lowest BCUT2D eigenvalue weighted by Crippen LogP contribution is -2.26. The highest BCUT2D eigenvalue weighted by Crippen LogP contribution is 2.18. The van der Waals surface area contributed by atoms with Gasteiger partial charge in [0.25, 0.3) is 0 Å². The van der Waals surface area contributed by atoms with Crippen LogP contribution >= 0.6 is 11.6 Å². The summed E-state index contributed by atoms with van der Waals surface area (Å²) in [5, 5.41) is 11.2. The van der Waals surface area contributed by atoms with E-state index in [9.17, 15) is 4.79 Å². The second kappa shape index (κ2) is 7.27. The van der Waals surface area contributed by atoms with Crippen molar-refractivity contribution in [2.24, 2.45) is 0 Å². The van der Waals surface area contributed by atoms with E-state index in [2.05, 4.69) is 15.5 Å². The third-order valence-electron chi connectivity index (χ3n) is 3.61. The van der Waals surface area contributed by atoms with Gasteiger partial charge >= 0.3 is 11.8 Å². The van der Waals surface area contributed by atoms with Gasteiger partial charge in [-0.1, -0.05) is 60.1 Å². The summed E-state index contributed by atoms with van der Waals surface area (Å²) in [7, 11) is 0. The third kappa shape index (κ3) is 3.81. The number of benzene rings is 2. The number of nitrogens with one attached hydrogen (secondary N) is 1. The molecule has 24 heavy (non-hydrogen) atoms. The van der Waals surface area contributed by atoms with Crippen LogP contribution in [0.25, 0.3) is 0 Å². The minimum atomic E-state index is -0.399. The average Bonchev–Trinajstić information content (AvgIpc) is 3.06. The molecule has 1 N–H and O–H groups in total. The number of halogens is 1. The molecule has 0 spiro atoms. The fourth-order valence-electron chi connectivity index (χ4n) is 2.30. The molecule has 1 amide bonds. The quantitative estimate of drug-likeness (QED) is 0.766. The predicted octanol–water partition coefficient (Wildman–Crippen LogP) is 3.80.